The lowest BCUT2D eigenvalue weighted by Gasteiger charge is -2.08. The Bertz CT molecular complexity index is 760. The summed E-state index contributed by atoms with van der Waals surface area (Å²) in [6, 6.07) is 16.0. The number of primary amides is 1. The van der Waals surface area contributed by atoms with E-state index in [-0.39, 0.29) is 24.7 Å². The van der Waals surface area contributed by atoms with Crippen molar-refractivity contribution in [1.29, 1.82) is 0 Å². The maximum absolute atomic E-state index is 11.9. The van der Waals surface area contributed by atoms with Crippen LogP contribution < -0.4 is 15.8 Å². The number of carbonyl (C=O) groups excluding carboxylic acids is 3. The lowest BCUT2D eigenvalue weighted by Crippen LogP contribution is -2.29. The van der Waals surface area contributed by atoms with Crippen molar-refractivity contribution in [3.63, 3.8) is 0 Å². The molecule has 3 N–H and O–H groups in total. The van der Waals surface area contributed by atoms with Crippen molar-refractivity contribution < 1.29 is 23.9 Å². The van der Waals surface area contributed by atoms with Gasteiger partial charge in [0.25, 0.3) is 11.8 Å². The molecule has 0 heterocycles. The van der Waals surface area contributed by atoms with E-state index in [0.29, 0.717) is 12.3 Å². The van der Waals surface area contributed by atoms with Gasteiger partial charge in [-0.05, 0) is 42.7 Å². The average Bonchev–Trinajstić information content (AvgIpc) is 2.69. The van der Waals surface area contributed by atoms with Crippen molar-refractivity contribution in [2.45, 2.75) is 12.8 Å². The molecule has 0 aliphatic carbocycles. The van der Waals surface area contributed by atoms with Crippen LogP contribution in [0, 0.1) is 0 Å². The molecule has 2 aromatic rings. The summed E-state index contributed by atoms with van der Waals surface area (Å²) in [5.41, 5.74) is 6.47. The molecule has 7 nitrogen and oxygen atoms in total. The molecule has 0 radical (unpaired) electrons. The second-order valence-corrected chi connectivity index (χ2v) is 5.79. The van der Waals surface area contributed by atoms with Gasteiger partial charge in [-0.3, -0.25) is 9.59 Å². The van der Waals surface area contributed by atoms with Gasteiger partial charge in [-0.2, -0.15) is 0 Å². The summed E-state index contributed by atoms with van der Waals surface area (Å²) in [6.07, 6.45) is 1.67. The van der Waals surface area contributed by atoms with E-state index in [9.17, 15) is 14.4 Å². The van der Waals surface area contributed by atoms with Gasteiger partial charge in [0, 0.05) is 6.54 Å². The first-order valence-corrected chi connectivity index (χ1v) is 8.53. The number of hydrogen-bond acceptors (Lipinski definition) is 5. The summed E-state index contributed by atoms with van der Waals surface area (Å²) in [4.78, 5) is 34.3. The molecule has 27 heavy (non-hydrogen) atoms. The zero-order valence-electron chi connectivity index (χ0n) is 14.9. The van der Waals surface area contributed by atoms with Crippen molar-refractivity contribution in [3.8, 4) is 5.75 Å². The molecule has 7 heteroatoms. The van der Waals surface area contributed by atoms with E-state index >= 15 is 0 Å². The first-order valence-electron chi connectivity index (χ1n) is 8.53. The molecule has 0 aliphatic heterocycles. The standard InChI is InChI=1S/C20H22N2O5/c21-18(23)13-26-17-10-8-16(9-11-17)20(25)27-14-19(24)22-12-4-7-15-5-2-1-3-6-15/h1-3,5-6,8-11H,4,7,12-14H2,(H2,21,23)(H,22,24). The highest BCUT2D eigenvalue weighted by Gasteiger charge is 2.10. The number of nitrogens with two attached hydrogens (primary N) is 1. The van der Waals surface area contributed by atoms with Crippen LogP contribution in [-0.2, 0) is 20.7 Å². The Morgan fingerprint density at radius 1 is 0.926 bits per heavy atom. The molecule has 2 amide bonds. The smallest absolute Gasteiger partial charge is 0.338 e. The third-order valence-corrected chi connectivity index (χ3v) is 3.61. The monoisotopic (exact) mass is 370 g/mol. The highest BCUT2D eigenvalue weighted by Crippen LogP contribution is 2.12. The Kier molecular flexibility index (Phi) is 7.84. The number of aryl methyl sites for hydroxylation is 1. The zero-order valence-corrected chi connectivity index (χ0v) is 14.9. The number of ether oxygens (including phenoxy) is 2. The second kappa shape index (κ2) is 10.6. The van der Waals surface area contributed by atoms with Crippen LogP contribution >= 0.6 is 0 Å². The summed E-state index contributed by atoms with van der Waals surface area (Å²) >= 11 is 0. The van der Waals surface area contributed by atoms with Crippen LogP contribution in [0.3, 0.4) is 0 Å². The van der Waals surface area contributed by atoms with Gasteiger partial charge in [-0.25, -0.2) is 4.79 Å². The van der Waals surface area contributed by atoms with Crippen molar-refractivity contribution in [3.05, 3.63) is 65.7 Å². The molecule has 0 saturated carbocycles. The van der Waals surface area contributed by atoms with Crippen molar-refractivity contribution in [2.75, 3.05) is 19.8 Å². The third-order valence-electron chi connectivity index (χ3n) is 3.61. The quantitative estimate of drug-likeness (QED) is 0.486. The SMILES string of the molecule is NC(=O)COc1ccc(C(=O)OCC(=O)NCCCc2ccccc2)cc1. The van der Waals surface area contributed by atoms with E-state index in [1.165, 1.54) is 29.8 Å². The minimum atomic E-state index is -0.615. The molecular formula is C20H22N2O5. The van der Waals surface area contributed by atoms with Crippen LogP contribution in [-0.4, -0.2) is 37.5 Å². The number of hydrogen-bond donors (Lipinski definition) is 2. The van der Waals surface area contributed by atoms with Gasteiger partial charge in [0.1, 0.15) is 5.75 Å². The summed E-state index contributed by atoms with van der Waals surface area (Å²) in [6.45, 7) is -0.0739. The molecule has 0 unspecified atom stereocenters. The molecule has 0 spiro atoms. The fraction of sp³-hybridized carbons (Fsp3) is 0.250. The van der Waals surface area contributed by atoms with E-state index in [4.69, 9.17) is 15.2 Å². The summed E-state index contributed by atoms with van der Waals surface area (Å²) in [7, 11) is 0. The van der Waals surface area contributed by atoms with Gasteiger partial charge in [-0.15, -0.1) is 0 Å². The second-order valence-electron chi connectivity index (χ2n) is 5.79. The Hall–Kier alpha value is -3.35. The number of amides is 2. The van der Waals surface area contributed by atoms with Gasteiger partial charge in [0.05, 0.1) is 5.56 Å². The predicted octanol–water partition coefficient (Wildman–Crippen LogP) is 1.46. The Balaban J connectivity index is 1.65. The van der Waals surface area contributed by atoms with Gasteiger partial charge in [-0.1, -0.05) is 30.3 Å². The number of esters is 1. The largest absolute Gasteiger partial charge is 0.484 e. The predicted molar refractivity (Wildman–Crippen MR) is 99.2 cm³/mol. The van der Waals surface area contributed by atoms with Gasteiger partial charge < -0.3 is 20.5 Å². The van der Waals surface area contributed by atoms with E-state index in [1.807, 2.05) is 30.3 Å². The Morgan fingerprint density at radius 3 is 2.30 bits per heavy atom. The number of benzene rings is 2. The Labute approximate surface area is 157 Å². The van der Waals surface area contributed by atoms with Crippen LogP contribution in [0.4, 0.5) is 0 Å². The Morgan fingerprint density at radius 2 is 1.63 bits per heavy atom. The van der Waals surface area contributed by atoms with E-state index < -0.39 is 11.9 Å². The summed E-state index contributed by atoms with van der Waals surface area (Å²) in [5.74, 6) is -1.15. The van der Waals surface area contributed by atoms with Crippen LogP contribution in [0.15, 0.2) is 54.6 Å². The first kappa shape index (κ1) is 20.0. The molecule has 0 atom stereocenters. The maximum atomic E-state index is 11.9. The summed E-state index contributed by atoms with van der Waals surface area (Å²) < 4.78 is 10.1. The number of carbonyl (C=O) groups is 3. The van der Waals surface area contributed by atoms with Crippen molar-refractivity contribution in [2.24, 2.45) is 5.73 Å². The first-order chi connectivity index (χ1) is 13.0. The zero-order chi connectivity index (χ0) is 19.5. The molecule has 0 aliphatic rings. The molecule has 0 aromatic heterocycles. The molecule has 142 valence electrons. The van der Waals surface area contributed by atoms with E-state index in [2.05, 4.69) is 5.32 Å². The maximum Gasteiger partial charge on any atom is 0.338 e. The lowest BCUT2D eigenvalue weighted by atomic mass is 10.1. The van der Waals surface area contributed by atoms with E-state index in [1.54, 1.807) is 0 Å². The highest BCUT2D eigenvalue weighted by molar-refractivity contribution is 5.91. The van der Waals surface area contributed by atoms with Gasteiger partial charge in [0.2, 0.25) is 0 Å². The van der Waals surface area contributed by atoms with Crippen molar-refractivity contribution in [1.82, 2.24) is 5.32 Å². The number of rotatable bonds is 10. The molecule has 2 aromatic carbocycles. The summed E-state index contributed by atoms with van der Waals surface area (Å²) in [5, 5.41) is 2.72. The molecule has 0 bridgehead atoms. The normalized spacial score (nSPS) is 10.1. The number of nitrogens with one attached hydrogen (secondary N) is 1. The van der Waals surface area contributed by atoms with Crippen LogP contribution in [0.1, 0.15) is 22.3 Å². The minimum absolute atomic E-state index is 0.242. The average molecular weight is 370 g/mol. The van der Waals surface area contributed by atoms with Crippen LogP contribution in [0.2, 0.25) is 0 Å². The van der Waals surface area contributed by atoms with Crippen LogP contribution in [0.25, 0.3) is 0 Å². The fourth-order valence-corrected chi connectivity index (χ4v) is 2.27. The minimum Gasteiger partial charge on any atom is -0.484 e. The highest BCUT2D eigenvalue weighted by atomic mass is 16.5. The fourth-order valence-electron chi connectivity index (χ4n) is 2.27. The van der Waals surface area contributed by atoms with Gasteiger partial charge >= 0.3 is 5.97 Å². The van der Waals surface area contributed by atoms with Crippen LogP contribution in [0.5, 0.6) is 5.75 Å². The molecule has 0 saturated heterocycles. The topological polar surface area (TPSA) is 108 Å². The lowest BCUT2D eigenvalue weighted by molar-refractivity contribution is -0.124. The molecular weight excluding hydrogens is 348 g/mol. The molecule has 2 rings (SSSR count). The van der Waals surface area contributed by atoms with E-state index in [0.717, 1.165) is 12.8 Å². The van der Waals surface area contributed by atoms with Gasteiger partial charge in [0.15, 0.2) is 13.2 Å². The third kappa shape index (κ3) is 7.60. The van der Waals surface area contributed by atoms with Crippen molar-refractivity contribution >= 4 is 17.8 Å². The molecule has 0 fully saturated rings.